The van der Waals surface area contributed by atoms with Crippen molar-refractivity contribution in [1.82, 2.24) is 19.8 Å². The summed E-state index contributed by atoms with van der Waals surface area (Å²) >= 11 is 0. The average molecular weight is 498 g/mol. The van der Waals surface area contributed by atoms with E-state index < -0.39 is 0 Å². The second-order valence-corrected chi connectivity index (χ2v) is 9.08. The average Bonchev–Trinajstić information content (AvgIpc) is 2.96. The largest absolute Gasteiger partial charge is 0.497 e. The molecule has 0 aliphatic carbocycles. The van der Waals surface area contributed by atoms with E-state index in [1.165, 1.54) is 0 Å². The Balaban J connectivity index is 1.19. The van der Waals surface area contributed by atoms with E-state index in [1.807, 2.05) is 60.7 Å². The highest BCUT2D eigenvalue weighted by Crippen LogP contribution is 2.22. The van der Waals surface area contributed by atoms with Crippen molar-refractivity contribution >= 4 is 22.5 Å². The van der Waals surface area contributed by atoms with Crippen molar-refractivity contribution in [2.75, 3.05) is 44.7 Å². The standard InChI is InChI=1S/C29H31N5O3/c1-37-24-11-7-10-23(20-24)33-18-16-32(17-19-33)15-14-28(35)30-21-27-31-26-13-6-5-12-25(26)29(36)34(27)22-8-3-2-4-9-22/h2-13,20H,14-19,21H2,1H3,(H,30,35). The van der Waals surface area contributed by atoms with Gasteiger partial charge in [0.2, 0.25) is 5.91 Å². The van der Waals surface area contributed by atoms with Crippen molar-refractivity contribution < 1.29 is 9.53 Å². The molecule has 1 fully saturated rings. The van der Waals surface area contributed by atoms with Crippen LogP contribution < -0.4 is 20.5 Å². The van der Waals surface area contributed by atoms with Crippen LogP contribution in [0.2, 0.25) is 0 Å². The molecular formula is C29H31N5O3. The van der Waals surface area contributed by atoms with Crippen LogP contribution in [0.4, 0.5) is 5.69 Å². The molecule has 1 aromatic heterocycles. The van der Waals surface area contributed by atoms with E-state index in [2.05, 4.69) is 27.2 Å². The zero-order valence-corrected chi connectivity index (χ0v) is 21.0. The third kappa shape index (κ3) is 5.65. The number of amides is 1. The van der Waals surface area contributed by atoms with E-state index in [-0.39, 0.29) is 18.0 Å². The molecule has 0 atom stereocenters. The van der Waals surface area contributed by atoms with E-state index in [1.54, 1.807) is 17.7 Å². The first-order valence-corrected chi connectivity index (χ1v) is 12.6. The summed E-state index contributed by atoms with van der Waals surface area (Å²) < 4.78 is 6.93. The molecule has 8 heteroatoms. The Labute approximate surface area is 216 Å². The van der Waals surface area contributed by atoms with Gasteiger partial charge in [-0.2, -0.15) is 0 Å². The van der Waals surface area contributed by atoms with Gasteiger partial charge in [-0.05, 0) is 36.4 Å². The number of carbonyl (C=O) groups excluding carboxylic acids is 1. The maximum atomic E-state index is 13.3. The number of aromatic nitrogens is 2. The lowest BCUT2D eigenvalue weighted by Gasteiger charge is -2.36. The molecule has 190 valence electrons. The fourth-order valence-corrected chi connectivity index (χ4v) is 4.70. The molecule has 2 heterocycles. The Morgan fingerprint density at radius 1 is 0.919 bits per heavy atom. The fourth-order valence-electron chi connectivity index (χ4n) is 4.70. The summed E-state index contributed by atoms with van der Waals surface area (Å²) in [7, 11) is 1.68. The molecule has 0 unspecified atom stereocenters. The van der Waals surface area contributed by atoms with Crippen molar-refractivity contribution in [3.63, 3.8) is 0 Å². The molecule has 0 spiro atoms. The zero-order valence-electron chi connectivity index (χ0n) is 21.0. The number of benzene rings is 3. The van der Waals surface area contributed by atoms with Gasteiger partial charge in [-0.3, -0.25) is 19.1 Å². The van der Waals surface area contributed by atoms with Gasteiger partial charge in [-0.15, -0.1) is 0 Å². The Morgan fingerprint density at radius 3 is 2.43 bits per heavy atom. The first-order valence-electron chi connectivity index (χ1n) is 12.6. The summed E-state index contributed by atoms with van der Waals surface area (Å²) in [5, 5.41) is 3.53. The molecule has 8 nitrogen and oxygen atoms in total. The van der Waals surface area contributed by atoms with Gasteiger partial charge >= 0.3 is 0 Å². The highest BCUT2D eigenvalue weighted by Gasteiger charge is 2.19. The minimum atomic E-state index is -0.144. The number of piperazine rings is 1. The number of nitrogens with one attached hydrogen (secondary N) is 1. The number of carbonyl (C=O) groups is 1. The number of nitrogens with zero attached hydrogens (tertiary/aromatic N) is 4. The molecule has 0 radical (unpaired) electrons. The lowest BCUT2D eigenvalue weighted by atomic mass is 10.2. The molecule has 1 aliphatic heterocycles. The van der Waals surface area contributed by atoms with Crippen LogP contribution in [-0.4, -0.2) is 60.2 Å². The maximum absolute atomic E-state index is 13.3. The predicted molar refractivity (Wildman–Crippen MR) is 145 cm³/mol. The molecule has 37 heavy (non-hydrogen) atoms. The third-order valence-electron chi connectivity index (χ3n) is 6.75. The van der Waals surface area contributed by atoms with Gasteiger partial charge in [0.05, 0.1) is 30.2 Å². The zero-order chi connectivity index (χ0) is 25.6. The number of ether oxygens (including phenoxy) is 1. The third-order valence-corrected chi connectivity index (χ3v) is 6.75. The molecule has 1 saturated heterocycles. The molecule has 3 aromatic carbocycles. The van der Waals surface area contributed by atoms with E-state index >= 15 is 0 Å². The van der Waals surface area contributed by atoms with Crippen LogP contribution in [0.25, 0.3) is 16.6 Å². The second kappa shape index (κ2) is 11.3. The summed E-state index contributed by atoms with van der Waals surface area (Å²) in [5.41, 5.74) is 2.36. The number of anilines is 1. The minimum Gasteiger partial charge on any atom is -0.497 e. The monoisotopic (exact) mass is 497 g/mol. The molecule has 4 aromatic rings. The quantitative estimate of drug-likeness (QED) is 0.403. The van der Waals surface area contributed by atoms with Gasteiger partial charge in [-0.1, -0.05) is 36.4 Å². The van der Waals surface area contributed by atoms with E-state index in [9.17, 15) is 9.59 Å². The molecule has 1 N–H and O–H groups in total. The molecular weight excluding hydrogens is 466 g/mol. The van der Waals surface area contributed by atoms with Gasteiger partial charge in [-0.25, -0.2) is 4.98 Å². The molecule has 0 bridgehead atoms. The fraction of sp³-hybridized carbons (Fsp3) is 0.276. The molecule has 1 amide bonds. The summed E-state index contributed by atoms with van der Waals surface area (Å²) in [4.78, 5) is 35.4. The van der Waals surface area contributed by atoms with Gasteiger partial charge in [0.25, 0.3) is 5.56 Å². The minimum absolute atomic E-state index is 0.0581. The van der Waals surface area contributed by atoms with Crippen molar-refractivity contribution in [1.29, 1.82) is 0 Å². The molecule has 5 rings (SSSR count). The summed E-state index contributed by atoms with van der Waals surface area (Å²) in [5.74, 6) is 1.31. The number of rotatable bonds is 8. The van der Waals surface area contributed by atoms with Gasteiger partial charge in [0, 0.05) is 50.9 Å². The van der Waals surface area contributed by atoms with Gasteiger partial charge in [0.15, 0.2) is 0 Å². The lowest BCUT2D eigenvalue weighted by molar-refractivity contribution is -0.121. The second-order valence-electron chi connectivity index (χ2n) is 9.08. The first kappa shape index (κ1) is 24.5. The SMILES string of the molecule is COc1cccc(N2CCN(CCC(=O)NCc3nc4ccccc4c(=O)n3-c3ccccc3)CC2)c1. The van der Waals surface area contributed by atoms with E-state index in [4.69, 9.17) is 9.72 Å². The van der Waals surface area contributed by atoms with E-state index in [0.29, 0.717) is 29.7 Å². The topological polar surface area (TPSA) is 79.7 Å². The van der Waals surface area contributed by atoms with Crippen LogP contribution in [0, 0.1) is 0 Å². The highest BCUT2D eigenvalue weighted by atomic mass is 16.5. The predicted octanol–water partition coefficient (Wildman–Crippen LogP) is 3.22. The summed E-state index contributed by atoms with van der Waals surface area (Å²) in [6.45, 7) is 4.46. The number of hydrogen-bond donors (Lipinski definition) is 1. The van der Waals surface area contributed by atoms with Crippen LogP contribution >= 0.6 is 0 Å². The van der Waals surface area contributed by atoms with Crippen LogP contribution in [-0.2, 0) is 11.3 Å². The van der Waals surface area contributed by atoms with Crippen molar-refractivity contribution in [2.24, 2.45) is 0 Å². The van der Waals surface area contributed by atoms with Crippen molar-refractivity contribution in [3.8, 4) is 11.4 Å². The lowest BCUT2D eigenvalue weighted by Crippen LogP contribution is -2.47. The molecule has 0 saturated carbocycles. The summed E-state index contributed by atoms with van der Waals surface area (Å²) in [6, 6.07) is 24.8. The van der Waals surface area contributed by atoms with E-state index in [0.717, 1.165) is 43.3 Å². The highest BCUT2D eigenvalue weighted by molar-refractivity contribution is 5.78. The number of fused-ring (bicyclic) bond motifs is 1. The van der Waals surface area contributed by atoms with Gasteiger partial charge in [0.1, 0.15) is 11.6 Å². The Hall–Kier alpha value is -4.17. The number of hydrogen-bond acceptors (Lipinski definition) is 6. The summed E-state index contributed by atoms with van der Waals surface area (Å²) in [6.07, 6.45) is 0.391. The Kier molecular flexibility index (Phi) is 7.46. The molecule has 1 aliphatic rings. The van der Waals surface area contributed by atoms with Crippen LogP contribution in [0.1, 0.15) is 12.2 Å². The normalized spacial score (nSPS) is 14.0. The Morgan fingerprint density at radius 2 is 1.65 bits per heavy atom. The Bertz CT molecular complexity index is 1430. The van der Waals surface area contributed by atoms with Gasteiger partial charge < -0.3 is 15.0 Å². The van der Waals surface area contributed by atoms with Crippen LogP contribution in [0.15, 0.2) is 83.7 Å². The van der Waals surface area contributed by atoms with Crippen molar-refractivity contribution in [2.45, 2.75) is 13.0 Å². The number of para-hydroxylation sites is 2. The first-order chi connectivity index (χ1) is 18.1. The smallest absolute Gasteiger partial charge is 0.266 e. The maximum Gasteiger partial charge on any atom is 0.266 e. The number of methoxy groups -OCH3 is 1. The van der Waals surface area contributed by atoms with Crippen LogP contribution in [0.5, 0.6) is 5.75 Å². The van der Waals surface area contributed by atoms with Crippen molar-refractivity contribution in [3.05, 3.63) is 95.0 Å². The van der Waals surface area contributed by atoms with Crippen LogP contribution in [0.3, 0.4) is 0 Å².